The first-order valence-corrected chi connectivity index (χ1v) is 6.91. The van der Waals surface area contributed by atoms with Crippen molar-refractivity contribution in [2.24, 2.45) is 28.3 Å². The highest BCUT2D eigenvalue weighted by molar-refractivity contribution is 5.76. The maximum atomic E-state index is 11.7. The number of rotatable bonds is 4. The lowest BCUT2D eigenvalue weighted by Gasteiger charge is -2.39. The Balaban J connectivity index is 1.88. The summed E-state index contributed by atoms with van der Waals surface area (Å²) in [5, 5.41) is 14.2. The van der Waals surface area contributed by atoms with Crippen LogP contribution in [0.2, 0.25) is 0 Å². The number of carbonyl (C=O) groups excluding carboxylic acids is 1. The topological polar surface area (TPSA) is 95.3 Å². The van der Waals surface area contributed by atoms with Crippen LogP contribution in [0.5, 0.6) is 0 Å². The van der Waals surface area contributed by atoms with Crippen LogP contribution in [-0.4, -0.2) is 30.3 Å². The Hall–Kier alpha value is -1.26. The molecule has 0 aromatic carbocycles. The van der Waals surface area contributed by atoms with Gasteiger partial charge in [0.1, 0.15) is 0 Å². The molecule has 2 unspecified atom stereocenters. The molecule has 6 heteroatoms. The van der Waals surface area contributed by atoms with Crippen molar-refractivity contribution in [3.63, 3.8) is 0 Å². The Bertz CT molecular complexity index is 432. The number of azide groups is 1. The van der Waals surface area contributed by atoms with Gasteiger partial charge in [0.25, 0.3) is 0 Å². The van der Waals surface area contributed by atoms with E-state index in [0.29, 0.717) is 17.8 Å². The van der Waals surface area contributed by atoms with E-state index in [1.807, 2.05) is 0 Å². The van der Waals surface area contributed by atoms with E-state index in [0.717, 1.165) is 25.7 Å². The second-order valence-electron chi connectivity index (χ2n) is 6.40. The minimum Gasteiger partial charge on any atom is -0.469 e. The predicted molar refractivity (Wildman–Crippen MR) is 66.9 cm³/mol. The molecule has 4 atom stereocenters. The second kappa shape index (κ2) is 4.39. The number of methoxy groups -OCH3 is 1. The molecule has 4 bridgehead atoms. The molecule has 0 amide bonds. The van der Waals surface area contributed by atoms with Crippen molar-refractivity contribution in [3.8, 4) is 0 Å². The number of ether oxygens (including phenoxy) is 1. The quantitative estimate of drug-likeness (QED) is 0.364. The van der Waals surface area contributed by atoms with Crippen molar-refractivity contribution in [2.75, 3.05) is 7.11 Å². The maximum Gasteiger partial charge on any atom is 0.317 e. The van der Waals surface area contributed by atoms with Crippen molar-refractivity contribution in [2.45, 2.75) is 44.2 Å². The summed E-state index contributed by atoms with van der Waals surface area (Å²) >= 11 is 0. The summed E-state index contributed by atoms with van der Waals surface area (Å²) in [5.74, 6) is 1.20. The summed E-state index contributed by atoms with van der Waals surface area (Å²) in [6.45, 7) is 0. The van der Waals surface area contributed by atoms with E-state index in [1.54, 1.807) is 0 Å². The molecule has 0 aromatic rings. The fourth-order valence-corrected chi connectivity index (χ4v) is 5.07. The molecule has 4 rings (SSSR count). The Morgan fingerprint density at radius 3 is 2.58 bits per heavy atom. The minimum absolute atomic E-state index is 0.222. The maximum absolute atomic E-state index is 11.7. The summed E-state index contributed by atoms with van der Waals surface area (Å²) in [5.41, 5.74) is 8.39. The first kappa shape index (κ1) is 12.8. The van der Waals surface area contributed by atoms with Crippen molar-refractivity contribution in [1.29, 1.82) is 0 Å². The third-order valence-corrected chi connectivity index (χ3v) is 5.56. The molecule has 4 fully saturated rings. The van der Waals surface area contributed by atoms with E-state index < -0.39 is 18.1 Å². The standard InChI is InChI=1S/C13H19N3O3/c1-19-12(18)10(15-16-14)11(17)13-5-7-2-8(6-13)4-9(13)3-7/h7-11,17H,2-6H2,1H3/t7?,8?,9?,10-,11+,13?/m0/s1. The average molecular weight is 265 g/mol. The Morgan fingerprint density at radius 1 is 1.42 bits per heavy atom. The summed E-state index contributed by atoms with van der Waals surface area (Å²) < 4.78 is 4.67. The van der Waals surface area contributed by atoms with Crippen LogP contribution in [0.3, 0.4) is 0 Å². The van der Waals surface area contributed by atoms with Crippen LogP contribution < -0.4 is 0 Å². The van der Waals surface area contributed by atoms with Gasteiger partial charge < -0.3 is 9.84 Å². The lowest BCUT2D eigenvalue weighted by molar-refractivity contribution is -0.148. The highest BCUT2D eigenvalue weighted by atomic mass is 16.5. The molecule has 104 valence electrons. The van der Waals surface area contributed by atoms with Gasteiger partial charge in [-0.15, -0.1) is 0 Å². The third kappa shape index (κ3) is 1.74. The van der Waals surface area contributed by atoms with Crippen LogP contribution in [0.15, 0.2) is 5.11 Å². The first-order valence-electron chi connectivity index (χ1n) is 6.91. The number of hydrogen-bond donors (Lipinski definition) is 1. The smallest absolute Gasteiger partial charge is 0.317 e. The highest BCUT2D eigenvalue weighted by Crippen LogP contribution is 2.67. The van der Waals surface area contributed by atoms with Gasteiger partial charge >= 0.3 is 5.97 Å². The van der Waals surface area contributed by atoms with Gasteiger partial charge in [-0.25, -0.2) is 0 Å². The summed E-state index contributed by atoms with van der Waals surface area (Å²) in [6, 6.07) is -1.10. The van der Waals surface area contributed by atoms with Gasteiger partial charge in [-0.1, -0.05) is 5.11 Å². The first-order chi connectivity index (χ1) is 9.10. The molecule has 0 heterocycles. The van der Waals surface area contributed by atoms with E-state index in [-0.39, 0.29) is 5.41 Å². The monoisotopic (exact) mass is 265 g/mol. The predicted octanol–water partition coefficient (Wildman–Crippen LogP) is 2.03. The average Bonchev–Trinajstić information content (AvgIpc) is 2.80. The van der Waals surface area contributed by atoms with Gasteiger partial charge in [0.15, 0.2) is 6.04 Å². The molecule has 4 aliphatic carbocycles. The van der Waals surface area contributed by atoms with Crippen molar-refractivity contribution in [3.05, 3.63) is 10.4 Å². The minimum atomic E-state index is -1.10. The Kier molecular flexibility index (Phi) is 2.95. The Labute approximate surface area is 111 Å². The normalized spacial score (nSPS) is 41.7. The molecule has 0 aliphatic heterocycles. The van der Waals surface area contributed by atoms with Gasteiger partial charge in [0.05, 0.1) is 13.2 Å². The van der Waals surface area contributed by atoms with Gasteiger partial charge in [-0.3, -0.25) is 4.79 Å². The fraction of sp³-hybridized carbons (Fsp3) is 0.923. The van der Waals surface area contributed by atoms with Crippen molar-refractivity contribution < 1.29 is 14.6 Å². The summed E-state index contributed by atoms with van der Waals surface area (Å²) in [7, 11) is 1.25. The van der Waals surface area contributed by atoms with Crippen LogP contribution in [0.1, 0.15) is 32.1 Å². The van der Waals surface area contributed by atoms with Gasteiger partial charge in [-0.2, -0.15) is 0 Å². The van der Waals surface area contributed by atoms with E-state index in [1.165, 1.54) is 13.5 Å². The number of hydrogen-bond acceptors (Lipinski definition) is 4. The zero-order valence-corrected chi connectivity index (χ0v) is 11.0. The lowest BCUT2D eigenvalue weighted by atomic mass is 9.70. The number of aliphatic hydroxyl groups excluding tert-OH is 1. The fourth-order valence-electron chi connectivity index (χ4n) is 5.07. The zero-order valence-electron chi connectivity index (χ0n) is 11.0. The van der Waals surface area contributed by atoms with Gasteiger partial charge in [0, 0.05) is 10.3 Å². The van der Waals surface area contributed by atoms with Gasteiger partial charge in [0.2, 0.25) is 0 Å². The van der Waals surface area contributed by atoms with Crippen LogP contribution in [0.25, 0.3) is 10.4 Å². The molecular weight excluding hydrogens is 246 g/mol. The molecule has 0 spiro atoms. The molecule has 19 heavy (non-hydrogen) atoms. The van der Waals surface area contributed by atoms with Crippen molar-refractivity contribution >= 4 is 5.97 Å². The number of esters is 1. The zero-order chi connectivity index (χ0) is 13.6. The molecule has 0 radical (unpaired) electrons. The molecule has 0 saturated heterocycles. The van der Waals surface area contributed by atoms with E-state index >= 15 is 0 Å². The van der Waals surface area contributed by atoms with Crippen molar-refractivity contribution in [1.82, 2.24) is 0 Å². The van der Waals surface area contributed by atoms with Crippen LogP contribution in [0.4, 0.5) is 0 Å². The Morgan fingerprint density at radius 2 is 2.05 bits per heavy atom. The summed E-state index contributed by atoms with van der Waals surface area (Å²) in [6.07, 6.45) is 4.58. The molecule has 4 saturated carbocycles. The number of aliphatic hydroxyl groups is 1. The van der Waals surface area contributed by atoms with E-state index in [2.05, 4.69) is 14.8 Å². The largest absolute Gasteiger partial charge is 0.469 e. The molecule has 4 aliphatic rings. The van der Waals surface area contributed by atoms with E-state index in [4.69, 9.17) is 5.53 Å². The molecule has 6 nitrogen and oxygen atoms in total. The van der Waals surface area contributed by atoms with Gasteiger partial charge in [-0.05, 0) is 55.4 Å². The molecular formula is C13H19N3O3. The number of carbonyl (C=O) groups is 1. The molecule has 0 aromatic heterocycles. The second-order valence-corrected chi connectivity index (χ2v) is 6.40. The SMILES string of the molecule is COC(=O)[C@@H](N=[N+]=[N-])[C@@H](O)C12CC3CC(CC1C3)C2. The van der Waals surface area contributed by atoms with Crippen LogP contribution in [-0.2, 0) is 9.53 Å². The van der Waals surface area contributed by atoms with Crippen LogP contribution >= 0.6 is 0 Å². The lowest BCUT2D eigenvalue weighted by Crippen LogP contribution is -2.47. The number of nitrogens with zero attached hydrogens (tertiary/aromatic N) is 3. The molecule has 1 N–H and O–H groups in total. The van der Waals surface area contributed by atoms with E-state index in [9.17, 15) is 9.90 Å². The summed E-state index contributed by atoms with van der Waals surface area (Å²) in [4.78, 5) is 14.4. The highest BCUT2D eigenvalue weighted by Gasteiger charge is 2.62. The third-order valence-electron chi connectivity index (χ3n) is 5.56. The van der Waals surface area contributed by atoms with Crippen LogP contribution in [0, 0.1) is 23.2 Å².